The SMILES string of the molecule is O=[P@@]1(Oc2cccc(Cl)c2)OCCCN1c1ccccc1. The Morgan fingerprint density at radius 1 is 1.14 bits per heavy atom. The summed E-state index contributed by atoms with van der Waals surface area (Å²) in [6, 6.07) is 16.3. The van der Waals surface area contributed by atoms with Crippen LogP contribution >= 0.6 is 19.3 Å². The van der Waals surface area contributed by atoms with E-state index in [1.165, 1.54) is 0 Å². The minimum Gasteiger partial charge on any atom is -0.409 e. The highest BCUT2D eigenvalue weighted by atomic mass is 35.5. The van der Waals surface area contributed by atoms with Gasteiger partial charge in [0.15, 0.2) is 0 Å². The van der Waals surface area contributed by atoms with Crippen molar-refractivity contribution in [1.29, 1.82) is 0 Å². The van der Waals surface area contributed by atoms with Gasteiger partial charge in [-0.2, -0.15) is 0 Å². The number of rotatable bonds is 3. The predicted octanol–water partition coefficient (Wildman–Crippen LogP) is 4.75. The molecule has 1 saturated heterocycles. The first kappa shape index (κ1) is 14.5. The van der Waals surface area contributed by atoms with E-state index in [0.717, 1.165) is 12.1 Å². The van der Waals surface area contributed by atoms with Crippen LogP contribution in [0.1, 0.15) is 6.42 Å². The minimum atomic E-state index is -3.41. The fourth-order valence-corrected chi connectivity index (χ4v) is 4.20. The van der Waals surface area contributed by atoms with Crippen molar-refractivity contribution < 1.29 is 13.6 Å². The fraction of sp³-hybridized carbons (Fsp3) is 0.200. The highest BCUT2D eigenvalue weighted by molar-refractivity contribution is 7.56. The largest absolute Gasteiger partial charge is 0.489 e. The van der Waals surface area contributed by atoms with Crippen molar-refractivity contribution >= 4 is 25.0 Å². The van der Waals surface area contributed by atoms with Gasteiger partial charge in [0.25, 0.3) is 0 Å². The van der Waals surface area contributed by atoms with Gasteiger partial charge in [-0.05, 0) is 36.8 Å². The van der Waals surface area contributed by atoms with Crippen molar-refractivity contribution in [2.45, 2.75) is 6.42 Å². The zero-order valence-electron chi connectivity index (χ0n) is 11.3. The second-order valence-electron chi connectivity index (χ2n) is 4.66. The molecule has 1 fully saturated rings. The normalized spacial score (nSPS) is 22.0. The fourth-order valence-electron chi connectivity index (χ4n) is 2.19. The summed E-state index contributed by atoms with van der Waals surface area (Å²) in [6.45, 7) is 1.04. The van der Waals surface area contributed by atoms with Crippen LogP contribution in [0.3, 0.4) is 0 Å². The molecule has 1 aliphatic rings. The summed E-state index contributed by atoms with van der Waals surface area (Å²) in [4.78, 5) is 0. The third-order valence-electron chi connectivity index (χ3n) is 3.14. The zero-order valence-corrected chi connectivity index (χ0v) is 13.0. The van der Waals surface area contributed by atoms with E-state index >= 15 is 0 Å². The summed E-state index contributed by atoms with van der Waals surface area (Å²) in [6.07, 6.45) is 0.803. The van der Waals surface area contributed by atoms with Crippen LogP contribution in [0.5, 0.6) is 5.75 Å². The lowest BCUT2D eigenvalue weighted by molar-refractivity contribution is 0.242. The number of benzene rings is 2. The molecule has 2 aromatic carbocycles. The molecule has 110 valence electrons. The minimum absolute atomic E-state index is 0.418. The lowest BCUT2D eigenvalue weighted by atomic mass is 10.3. The van der Waals surface area contributed by atoms with Gasteiger partial charge in [0.1, 0.15) is 5.75 Å². The molecule has 1 atom stereocenters. The highest BCUT2D eigenvalue weighted by Gasteiger charge is 2.38. The summed E-state index contributed by atoms with van der Waals surface area (Å²) in [5, 5.41) is 0.530. The van der Waals surface area contributed by atoms with E-state index < -0.39 is 7.75 Å². The Labute approximate surface area is 128 Å². The average molecular weight is 324 g/mol. The third kappa shape index (κ3) is 3.24. The summed E-state index contributed by atoms with van der Waals surface area (Å²) >= 11 is 5.94. The van der Waals surface area contributed by atoms with Crippen LogP contribution in [-0.2, 0) is 9.09 Å². The summed E-state index contributed by atoms with van der Waals surface area (Å²) in [7, 11) is -3.41. The lowest BCUT2D eigenvalue weighted by Crippen LogP contribution is -2.30. The zero-order chi connectivity index (χ0) is 14.7. The van der Waals surface area contributed by atoms with Crippen molar-refractivity contribution in [3.05, 3.63) is 59.6 Å². The predicted molar refractivity (Wildman–Crippen MR) is 84.0 cm³/mol. The van der Waals surface area contributed by atoms with Crippen molar-refractivity contribution in [1.82, 2.24) is 0 Å². The average Bonchev–Trinajstić information content (AvgIpc) is 2.48. The van der Waals surface area contributed by atoms with E-state index in [0.29, 0.717) is 23.9 Å². The number of halogens is 1. The number of anilines is 1. The van der Waals surface area contributed by atoms with Crippen LogP contribution in [0.25, 0.3) is 0 Å². The van der Waals surface area contributed by atoms with Gasteiger partial charge in [-0.25, -0.2) is 4.57 Å². The van der Waals surface area contributed by atoms with Crippen LogP contribution in [0.4, 0.5) is 5.69 Å². The van der Waals surface area contributed by atoms with Gasteiger partial charge in [0, 0.05) is 17.3 Å². The van der Waals surface area contributed by atoms with Crippen molar-refractivity contribution in [2.24, 2.45) is 0 Å². The van der Waals surface area contributed by atoms with Crippen LogP contribution in [-0.4, -0.2) is 13.2 Å². The quantitative estimate of drug-likeness (QED) is 0.764. The summed E-state index contributed by atoms with van der Waals surface area (Å²) in [5.74, 6) is 0.439. The van der Waals surface area contributed by atoms with Gasteiger partial charge < -0.3 is 4.52 Å². The molecule has 0 N–H and O–H groups in total. The maximum atomic E-state index is 13.1. The van der Waals surface area contributed by atoms with Crippen LogP contribution < -0.4 is 9.19 Å². The van der Waals surface area contributed by atoms with Gasteiger partial charge in [0.05, 0.1) is 6.61 Å². The van der Waals surface area contributed by atoms with Crippen LogP contribution in [0, 0.1) is 0 Å². The van der Waals surface area contributed by atoms with Gasteiger partial charge in [-0.15, -0.1) is 0 Å². The number of hydrogen-bond donors (Lipinski definition) is 0. The van der Waals surface area contributed by atoms with E-state index in [4.69, 9.17) is 20.6 Å². The Balaban J connectivity index is 1.91. The topological polar surface area (TPSA) is 38.8 Å². The lowest BCUT2D eigenvalue weighted by Gasteiger charge is -2.35. The molecule has 3 rings (SSSR count). The van der Waals surface area contributed by atoms with Crippen LogP contribution in [0.2, 0.25) is 5.02 Å². The molecule has 2 aromatic rings. The Bertz CT molecular complexity index is 665. The molecule has 0 unspecified atom stereocenters. The third-order valence-corrected chi connectivity index (χ3v) is 5.34. The Kier molecular flexibility index (Phi) is 4.20. The first-order valence-corrected chi connectivity index (χ1v) is 8.57. The van der Waals surface area contributed by atoms with Gasteiger partial charge >= 0.3 is 7.75 Å². The van der Waals surface area contributed by atoms with E-state index in [-0.39, 0.29) is 0 Å². The standard InChI is InChI=1S/C15H15ClNO3P/c16-13-6-4-9-15(12-13)20-21(18)17(10-5-11-19-21)14-7-2-1-3-8-14/h1-4,6-9,12H,5,10-11H2/t21-/m1/s1. The van der Waals surface area contributed by atoms with Crippen LogP contribution in [0.15, 0.2) is 54.6 Å². The Morgan fingerprint density at radius 2 is 1.95 bits per heavy atom. The molecule has 1 aliphatic heterocycles. The molecule has 0 spiro atoms. The Morgan fingerprint density at radius 3 is 2.71 bits per heavy atom. The second-order valence-corrected chi connectivity index (χ2v) is 6.96. The molecule has 0 aliphatic carbocycles. The van der Waals surface area contributed by atoms with Crippen molar-refractivity contribution in [3.63, 3.8) is 0 Å². The highest BCUT2D eigenvalue weighted by Crippen LogP contribution is 2.55. The molecular weight excluding hydrogens is 309 g/mol. The number of nitrogens with zero attached hydrogens (tertiary/aromatic N) is 1. The first-order valence-electron chi connectivity index (χ1n) is 6.70. The van der Waals surface area contributed by atoms with Gasteiger partial charge in [0.2, 0.25) is 0 Å². The van der Waals surface area contributed by atoms with E-state index in [1.807, 2.05) is 30.3 Å². The molecule has 0 saturated carbocycles. The van der Waals surface area contributed by atoms with E-state index in [1.54, 1.807) is 28.9 Å². The Hall–Kier alpha value is -1.48. The molecule has 0 amide bonds. The molecule has 0 aromatic heterocycles. The number of hydrogen-bond acceptors (Lipinski definition) is 3. The van der Waals surface area contributed by atoms with Gasteiger partial charge in [-0.3, -0.25) is 9.19 Å². The molecule has 21 heavy (non-hydrogen) atoms. The molecule has 1 heterocycles. The molecule has 6 heteroatoms. The van der Waals surface area contributed by atoms with Crippen molar-refractivity contribution in [3.8, 4) is 5.75 Å². The maximum absolute atomic E-state index is 13.1. The van der Waals surface area contributed by atoms with E-state index in [2.05, 4.69) is 0 Å². The summed E-state index contributed by atoms with van der Waals surface area (Å²) < 4.78 is 25.9. The second kappa shape index (κ2) is 6.10. The maximum Gasteiger partial charge on any atom is 0.489 e. The molecular formula is C15H15ClNO3P. The smallest absolute Gasteiger partial charge is 0.409 e. The number of para-hydroxylation sites is 1. The van der Waals surface area contributed by atoms with Gasteiger partial charge in [-0.1, -0.05) is 35.9 Å². The molecule has 0 radical (unpaired) electrons. The van der Waals surface area contributed by atoms with Crippen molar-refractivity contribution in [2.75, 3.05) is 17.8 Å². The molecule has 4 nitrogen and oxygen atoms in total. The van der Waals surface area contributed by atoms with E-state index in [9.17, 15) is 4.57 Å². The first-order chi connectivity index (χ1) is 10.2. The monoisotopic (exact) mass is 323 g/mol. The summed E-state index contributed by atoms with van der Waals surface area (Å²) in [5.41, 5.74) is 0.822. The molecule has 0 bridgehead atoms.